The van der Waals surface area contributed by atoms with Gasteiger partial charge in [0.15, 0.2) is 11.9 Å². The van der Waals surface area contributed by atoms with E-state index in [9.17, 15) is 14.8 Å². The Bertz CT molecular complexity index is 908. The average Bonchev–Trinajstić information content (AvgIpc) is 3.02. The van der Waals surface area contributed by atoms with Gasteiger partial charge < -0.3 is 14.8 Å². The van der Waals surface area contributed by atoms with Crippen molar-refractivity contribution in [1.29, 1.82) is 0 Å². The molecule has 7 nitrogen and oxygen atoms in total. The Morgan fingerprint density at radius 1 is 1.32 bits per heavy atom. The largest absolute Gasteiger partial charge is 0.489 e. The number of ether oxygens (including phenoxy) is 1. The van der Waals surface area contributed by atoms with Crippen molar-refractivity contribution in [3.8, 4) is 5.75 Å². The average molecular weight is 339 g/mol. The van der Waals surface area contributed by atoms with Crippen LogP contribution in [0.5, 0.6) is 5.75 Å². The molecule has 0 unspecified atom stereocenters. The molecule has 1 aromatic carbocycles. The Morgan fingerprint density at radius 3 is 2.80 bits per heavy atom. The summed E-state index contributed by atoms with van der Waals surface area (Å²) < 4.78 is 7.53. The molecule has 0 spiro atoms. The highest BCUT2D eigenvalue weighted by atomic mass is 16.5. The van der Waals surface area contributed by atoms with Crippen LogP contribution in [0.3, 0.4) is 0 Å². The van der Waals surface area contributed by atoms with Gasteiger partial charge >= 0.3 is 7.12 Å². The molecule has 0 atom stereocenters. The minimum atomic E-state index is -1.73. The van der Waals surface area contributed by atoms with Crippen LogP contribution in [0, 0.1) is 0 Å². The first-order chi connectivity index (χ1) is 12.0. The van der Waals surface area contributed by atoms with Gasteiger partial charge in [-0.2, -0.15) is 5.10 Å². The number of benzene rings is 1. The number of carbonyl (C=O) groups excluding carboxylic acids is 1. The SMILES string of the molecule is CC(C)n1ncc2cc(COc3cccc(B(O)O)c3C=O)cnc21. The molecule has 8 heteroatoms. The fourth-order valence-electron chi connectivity index (χ4n) is 2.64. The zero-order valence-electron chi connectivity index (χ0n) is 14.0. The molecule has 25 heavy (non-hydrogen) atoms. The maximum atomic E-state index is 11.3. The summed E-state index contributed by atoms with van der Waals surface area (Å²) in [5.41, 5.74) is 1.86. The van der Waals surface area contributed by atoms with Crippen LogP contribution in [0.1, 0.15) is 35.8 Å². The Morgan fingerprint density at radius 2 is 2.12 bits per heavy atom. The van der Waals surface area contributed by atoms with Crippen molar-refractivity contribution >= 4 is 29.9 Å². The van der Waals surface area contributed by atoms with Gasteiger partial charge in [-0.15, -0.1) is 0 Å². The second-order valence-corrected chi connectivity index (χ2v) is 5.98. The lowest BCUT2D eigenvalue weighted by Crippen LogP contribution is -2.33. The highest BCUT2D eigenvalue weighted by Gasteiger charge is 2.19. The summed E-state index contributed by atoms with van der Waals surface area (Å²) in [7, 11) is -1.73. The van der Waals surface area contributed by atoms with Gasteiger partial charge in [0.1, 0.15) is 12.4 Å². The van der Waals surface area contributed by atoms with Crippen molar-refractivity contribution in [2.24, 2.45) is 0 Å². The standard InChI is InChI=1S/C17H18BN3O4/c1-11(2)21-17-13(8-20-21)6-12(7-19-17)10-25-16-5-3-4-15(18(23)24)14(16)9-22/h3-9,11,23-24H,10H2,1-2H3. The van der Waals surface area contributed by atoms with Crippen LogP contribution >= 0.6 is 0 Å². The Labute approximate surface area is 145 Å². The van der Waals surface area contributed by atoms with Crippen LogP contribution < -0.4 is 10.2 Å². The number of carbonyl (C=O) groups is 1. The minimum Gasteiger partial charge on any atom is -0.488 e. The molecule has 0 fully saturated rings. The maximum Gasteiger partial charge on any atom is 0.489 e. The lowest BCUT2D eigenvalue weighted by Gasteiger charge is -2.12. The van der Waals surface area contributed by atoms with Crippen molar-refractivity contribution < 1.29 is 19.6 Å². The first kappa shape index (κ1) is 17.1. The number of nitrogens with zero attached hydrogens (tertiary/aromatic N) is 3. The van der Waals surface area contributed by atoms with Crippen LogP contribution in [0.2, 0.25) is 0 Å². The zero-order valence-corrected chi connectivity index (χ0v) is 14.0. The van der Waals surface area contributed by atoms with Crippen molar-refractivity contribution in [3.05, 3.63) is 47.8 Å². The first-order valence-electron chi connectivity index (χ1n) is 7.90. The molecule has 0 bridgehead atoms. The van der Waals surface area contributed by atoms with E-state index in [0.717, 1.165) is 16.6 Å². The molecule has 0 aliphatic heterocycles. The molecule has 0 radical (unpaired) electrons. The zero-order chi connectivity index (χ0) is 18.0. The molecule has 3 rings (SSSR count). The van der Waals surface area contributed by atoms with Crippen LogP contribution in [0.4, 0.5) is 0 Å². The van der Waals surface area contributed by atoms with Crippen molar-refractivity contribution in [1.82, 2.24) is 14.8 Å². The summed E-state index contributed by atoms with van der Waals surface area (Å²) in [6, 6.07) is 6.83. The maximum absolute atomic E-state index is 11.3. The molecule has 2 N–H and O–H groups in total. The van der Waals surface area contributed by atoms with Crippen LogP contribution in [0.25, 0.3) is 11.0 Å². The number of aldehydes is 1. The summed E-state index contributed by atoms with van der Waals surface area (Å²) >= 11 is 0. The van der Waals surface area contributed by atoms with Crippen LogP contribution in [-0.2, 0) is 6.61 Å². The Kier molecular flexibility index (Phi) is 4.82. The first-order valence-corrected chi connectivity index (χ1v) is 7.90. The number of rotatable bonds is 6. The van der Waals surface area contributed by atoms with E-state index in [4.69, 9.17) is 4.74 Å². The third-order valence-corrected chi connectivity index (χ3v) is 3.87. The van der Waals surface area contributed by atoms with Gasteiger partial charge in [-0.1, -0.05) is 12.1 Å². The van der Waals surface area contributed by atoms with Gasteiger partial charge in [-0.3, -0.25) is 4.79 Å². The number of hydrogen-bond acceptors (Lipinski definition) is 6. The molecule has 0 aliphatic carbocycles. The molecule has 0 saturated heterocycles. The van der Waals surface area contributed by atoms with Gasteiger partial charge in [0, 0.05) is 23.2 Å². The molecule has 0 amide bonds. The summed E-state index contributed by atoms with van der Waals surface area (Å²) in [4.78, 5) is 15.7. The van der Waals surface area contributed by atoms with E-state index < -0.39 is 7.12 Å². The van der Waals surface area contributed by atoms with Crippen LogP contribution in [0.15, 0.2) is 36.7 Å². The topological polar surface area (TPSA) is 97.5 Å². The predicted octanol–water partition coefficient (Wildman–Crippen LogP) is 1.08. The predicted molar refractivity (Wildman–Crippen MR) is 93.9 cm³/mol. The molecule has 0 aliphatic rings. The van der Waals surface area contributed by atoms with E-state index in [1.54, 1.807) is 24.5 Å². The third kappa shape index (κ3) is 3.40. The van der Waals surface area contributed by atoms with Crippen molar-refractivity contribution in [2.45, 2.75) is 26.5 Å². The van der Waals surface area contributed by atoms with E-state index in [2.05, 4.69) is 10.1 Å². The molecule has 0 saturated carbocycles. The number of aromatic nitrogens is 3. The summed E-state index contributed by atoms with van der Waals surface area (Å²) in [6.45, 7) is 4.27. The van der Waals surface area contributed by atoms with Gasteiger partial charge in [0.25, 0.3) is 0 Å². The molecular weight excluding hydrogens is 321 g/mol. The second kappa shape index (κ2) is 7.04. The molecule has 2 aromatic heterocycles. The number of fused-ring (bicyclic) bond motifs is 1. The fourth-order valence-corrected chi connectivity index (χ4v) is 2.64. The van der Waals surface area contributed by atoms with E-state index in [0.29, 0.717) is 12.0 Å². The monoisotopic (exact) mass is 339 g/mol. The van der Waals surface area contributed by atoms with E-state index >= 15 is 0 Å². The lowest BCUT2D eigenvalue weighted by atomic mass is 9.77. The fraction of sp³-hybridized carbons (Fsp3) is 0.235. The molecule has 128 valence electrons. The smallest absolute Gasteiger partial charge is 0.488 e. The summed E-state index contributed by atoms with van der Waals surface area (Å²) in [5.74, 6) is 0.290. The molecule has 2 heterocycles. The van der Waals surface area contributed by atoms with Gasteiger partial charge in [0.05, 0.1) is 11.8 Å². The highest BCUT2D eigenvalue weighted by Crippen LogP contribution is 2.19. The lowest BCUT2D eigenvalue weighted by molar-refractivity contribution is 0.111. The quantitative estimate of drug-likeness (QED) is 0.515. The summed E-state index contributed by atoms with van der Waals surface area (Å²) in [6.07, 6.45) is 4.01. The third-order valence-electron chi connectivity index (χ3n) is 3.87. The minimum absolute atomic E-state index is 0.110. The summed E-state index contributed by atoms with van der Waals surface area (Å²) in [5, 5.41) is 23.9. The van der Waals surface area contributed by atoms with Crippen LogP contribution in [-0.4, -0.2) is 38.2 Å². The van der Waals surface area contributed by atoms with E-state index in [1.165, 1.54) is 6.07 Å². The number of hydrogen-bond donors (Lipinski definition) is 2. The van der Waals surface area contributed by atoms with Crippen molar-refractivity contribution in [3.63, 3.8) is 0 Å². The Balaban J connectivity index is 1.83. The van der Waals surface area contributed by atoms with Gasteiger partial charge in [-0.25, -0.2) is 9.67 Å². The molecule has 3 aromatic rings. The van der Waals surface area contributed by atoms with E-state index in [-0.39, 0.29) is 23.7 Å². The van der Waals surface area contributed by atoms with E-state index in [1.807, 2.05) is 24.6 Å². The number of pyridine rings is 1. The van der Waals surface area contributed by atoms with Gasteiger partial charge in [0.2, 0.25) is 0 Å². The highest BCUT2D eigenvalue weighted by molar-refractivity contribution is 6.60. The second-order valence-electron chi connectivity index (χ2n) is 5.98. The molecular formula is C17H18BN3O4. The normalized spacial score (nSPS) is 11.1. The van der Waals surface area contributed by atoms with Gasteiger partial charge in [-0.05, 0) is 31.4 Å². The Hall–Kier alpha value is -2.71. The van der Waals surface area contributed by atoms with Crippen molar-refractivity contribution in [2.75, 3.05) is 0 Å².